The van der Waals surface area contributed by atoms with Crippen molar-refractivity contribution in [1.29, 1.82) is 0 Å². The molecule has 4 heterocycles. The number of unbranched alkanes of at least 4 members (excludes halogenated alkanes) is 5. The summed E-state index contributed by atoms with van der Waals surface area (Å²) in [7, 11) is -4.45. The van der Waals surface area contributed by atoms with Crippen LogP contribution in [0.5, 0.6) is 0 Å². The topological polar surface area (TPSA) is 211 Å². The smallest absolute Gasteiger partial charge is 0.373 e. The fourth-order valence-electron chi connectivity index (χ4n) is 6.88. The minimum atomic E-state index is -4.45. The van der Waals surface area contributed by atoms with Gasteiger partial charge in [-0.25, -0.2) is 14.2 Å². The lowest BCUT2D eigenvalue weighted by Crippen LogP contribution is -2.57. The molecule has 4 fully saturated rings. The molecule has 306 valence electrons. The molecule has 8 atom stereocenters. The third-order valence-corrected chi connectivity index (χ3v) is 12.3. The van der Waals surface area contributed by atoms with Crippen LogP contribution >= 0.6 is 19.6 Å². The number of ketones is 1. The van der Waals surface area contributed by atoms with E-state index < -0.39 is 55.8 Å². The first-order chi connectivity index (χ1) is 25.5. The molecule has 0 spiro atoms. The first kappa shape index (κ1) is 44.2. The van der Waals surface area contributed by atoms with Crippen LogP contribution in [0.25, 0.3) is 0 Å². The Morgan fingerprint density at radius 3 is 2.50 bits per heavy atom. The van der Waals surface area contributed by atoms with Crippen LogP contribution in [0.15, 0.2) is 12.2 Å². The van der Waals surface area contributed by atoms with Crippen LogP contribution in [0, 0.1) is 5.92 Å². The summed E-state index contributed by atoms with van der Waals surface area (Å²) in [4.78, 5) is 73.4. The molecule has 8 unspecified atom stereocenters. The van der Waals surface area contributed by atoms with E-state index in [0.717, 1.165) is 57.1 Å². The number of carbonyl (C=O) groups excluding carboxylic acids is 5. The number of hydrogen-bond acceptors (Lipinski definition) is 11. The predicted octanol–water partition coefficient (Wildman–Crippen LogP) is 4.30. The Bertz CT molecular complexity index is 1390. The lowest BCUT2D eigenvalue weighted by molar-refractivity contribution is -0.129. The van der Waals surface area contributed by atoms with Crippen LogP contribution in [-0.4, -0.2) is 112 Å². The zero-order valence-electron chi connectivity index (χ0n) is 32.2. The molecular formula is C36H60N5O11PS. The number of phosphoric ester groups is 1. The molecule has 4 aliphatic rings. The normalized spacial score (nSPS) is 28.2. The van der Waals surface area contributed by atoms with Gasteiger partial charge in [0.25, 0.3) is 0 Å². The van der Waals surface area contributed by atoms with Gasteiger partial charge >= 0.3 is 19.9 Å². The van der Waals surface area contributed by atoms with Crippen molar-refractivity contribution in [1.82, 2.24) is 26.2 Å². The number of urea groups is 2. The largest absolute Gasteiger partial charge is 0.472 e. The number of nitrogens with one attached hydrogen (secondary N) is 4. The van der Waals surface area contributed by atoms with Crippen LogP contribution in [0.4, 0.5) is 9.59 Å². The van der Waals surface area contributed by atoms with Gasteiger partial charge in [-0.3, -0.25) is 33.6 Å². The van der Waals surface area contributed by atoms with Gasteiger partial charge in [0, 0.05) is 43.4 Å². The van der Waals surface area contributed by atoms with Crippen molar-refractivity contribution >= 4 is 49.2 Å². The maximum atomic E-state index is 12.8. The molecule has 0 aromatic carbocycles. The summed E-state index contributed by atoms with van der Waals surface area (Å²) < 4.78 is 35.1. The summed E-state index contributed by atoms with van der Waals surface area (Å²) in [5.41, 5.74) is -0.535. The molecule has 6 amide bonds. The quantitative estimate of drug-likeness (QED) is 0.0449. The Morgan fingerprint density at radius 1 is 1.07 bits per heavy atom. The molecule has 54 heavy (non-hydrogen) atoms. The summed E-state index contributed by atoms with van der Waals surface area (Å²) in [5.74, 6) is -0.494. The highest BCUT2D eigenvalue weighted by molar-refractivity contribution is 8.00. The van der Waals surface area contributed by atoms with Crippen LogP contribution in [0.3, 0.4) is 0 Å². The number of ether oxygens (including phenoxy) is 2. The maximum absolute atomic E-state index is 12.8. The van der Waals surface area contributed by atoms with Crippen LogP contribution in [0.2, 0.25) is 0 Å². The second kappa shape index (κ2) is 20.6. The number of thioether (sulfide) groups is 1. The number of rotatable bonds is 22. The van der Waals surface area contributed by atoms with Crippen molar-refractivity contribution in [3.05, 3.63) is 12.2 Å². The molecule has 0 aromatic rings. The minimum Gasteiger partial charge on any atom is -0.373 e. The predicted molar refractivity (Wildman–Crippen MR) is 202 cm³/mol. The number of Topliss-reactive ketones (excluding diaryl/α,β-unsaturated/α-hetero) is 1. The van der Waals surface area contributed by atoms with Crippen LogP contribution in [-0.2, 0) is 37.5 Å². The Hall–Kier alpha value is -2.53. The van der Waals surface area contributed by atoms with Gasteiger partial charge in [-0.15, -0.1) is 0 Å². The van der Waals surface area contributed by atoms with E-state index in [1.807, 2.05) is 32.5 Å². The first-order valence-electron chi connectivity index (χ1n) is 19.3. The Labute approximate surface area is 322 Å². The van der Waals surface area contributed by atoms with Crippen molar-refractivity contribution in [3.63, 3.8) is 0 Å². The lowest BCUT2D eigenvalue weighted by atomic mass is 10.0. The van der Waals surface area contributed by atoms with Gasteiger partial charge in [0.05, 0.1) is 36.3 Å². The Balaban J connectivity index is 1.10. The summed E-state index contributed by atoms with van der Waals surface area (Å²) in [6.07, 6.45) is 8.10. The van der Waals surface area contributed by atoms with Gasteiger partial charge in [0.1, 0.15) is 24.2 Å². The molecule has 0 bridgehead atoms. The van der Waals surface area contributed by atoms with E-state index in [1.165, 1.54) is 17.1 Å². The zero-order valence-corrected chi connectivity index (χ0v) is 33.9. The van der Waals surface area contributed by atoms with Gasteiger partial charge < -0.3 is 30.3 Å². The highest BCUT2D eigenvalue weighted by atomic mass is 32.2. The van der Waals surface area contributed by atoms with E-state index in [4.69, 9.17) is 18.5 Å². The first-order valence-corrected chi connectivity index (χ1v) is 21.8. The standard InChI is InChI=1S/C36H60N5O11PS/c1-23(2)51-53(47,48)52-27-19-31(50-28(27)21-49-36(3,4)5)41-20-24(33(44)40-35(41)46)16-17-30(43)37-18-12-8-6-7-9-13-25(42)14-10-11-15-29-32-26(22-54-29)38-34(45)39-32/h16-17,23-24,26-29,31-32H,6-15,18-22H2,1-5H3,(H,37,43)(H,47,48)(H2,38,39,45)(H,40,44,46)/b17-16+. The SMILES string of the molecule is CC(C)OP(=O)(O)OC1CC(N2CC(/C=C/C(=O)NCCCCCCCC(=O)CCCCC3SCC4NC(=O)NC43)C(=O)NC2=O)OC1COC(C)(C)C. The van der Waals surface area contributed by atoms with E-state index in [9.17, 15) is 33.4 Å². The number of carbonyl (C=O) groups is 5. The number of imide groups is 1. The molecule has 18 heteroatoms. The Kier molecular flexibility index (Phi) is 16.8. The molecule has 5 N–H and O–H groups in total. The molecule has 4 saturated heterocycles. The highest BCUT2D eigenvalue weighted by Gasteiger charge is 2.47. The van der Waals surface area contributed by atoms with E-state index >= 15 is 0 Å². The monoisotopic (exact) mass is 801 g/mol. The van der Waals surface area contributed by atoms with Crippen LogP contribution < -0.4 is 21.3 Å². The summed E-state index contributed by atoms with van der Waals surface area (Å²) in [6, 6.07) is -0.315. The molecule has 0 radical (unpaired) electrons. The average molecular weight is 802 g/mol. The molecule has 0 aliphatic carbocycles. The average Bonchev–Trinajstić information content (AvgIpc) is 3.75. The summed E-state index contributed by atoms with van der Waals surface area (Å²) in [5, 5.41) is 11.5. The summed E-state index contributed by atoms with van der Waals surface area (Å²) in [6.45, 7) is 9.18. The van der Waals surface area contributed by atoms with Gasteiger partial charge in [-0.05, 0) is 66.4 Å². The third-order valence-electron chi connectivity index (χ3n) is 9.59. The molecule has 16 nitrogen and oxygen atoms in total. The van der Waals surface area contributed by atoms with Crippen LogP contribution in [0.1, 0.15) is 105 Å². The Morgan fingerprint density at radius 2 is 1.78 bits per heavy atom. The fraction of sp³-hybridized carbons (Fsp3) is 0.806. The number of phosphoric acid groups is 1. The van der Waals surface area contributed by atoms with Crippen molar-refractivity contribution in [3.8, 4) is 0 Å². The second-order valence-corrected chi connectivity index (χ2v) is 18.3. The van der Waals surface area contributed by atoms with Crippen molar-refractivity contribution < 1.29 is 52.0 Å². The third kappa shape index (κ3) is 14.5. The van der Waals surface area contributed by atoms with Crippen molar-refractivity contribution in [2.24, 2.45) is 5.92 Å². The van der Waals surface area contributed by atoms with Crippen molar-refractivity contribution in [2.45, 2.75) is 153 Å². The van der Waals surface area contributed by atoms with E-state index in [1.54, 1.807) is 13.8 Å². The lowest BCUT2D eigenvalue weighted by Gasteiger charge is -2.34. The maximum Gasteiger partial charge on any atom is 0.472 e. The number of amides is 6. The fourth-order valence-corrected chi connectivity index (χ4v) is 9.57. The number of fused-ring (bicyclic) bond motifs is 1. The minimum absolute atomic E-state index is 0.0218. The molecule has 4 aliphatic heterocycles. The second-order valence-electron chi connectivity index (χ2n) is 15.7. The molecule has 0 saturated carbocycles. The van der Waals surface area contributed by atoms with Gasteiger partial charge in [0.2, 0.25) is 11.8 Å². The van der Waals surface area contributed by atoms with Gasteiger partial charge in [-0.1, -0.05) is 31.8 Å². The molecule has 4 rings (SSSR count). The van der Waals surface area contributed by atoms with E-state index in [-0.39, 0.29) is 43.6 Å². The summed E-state index contributed by atoms with van der Waals surface area (Å²) >= 11 is 1.90. The molecular weight excluding hydrogens is 741 g/mol. The number of hydrogen-bond donors (Lipinski definition) is 5. The van der Waals surface area contributed by atoms with E-state index in [0.29, 0.717) is 30.4 Å². The molecule has 0 aromatic heterocycles. The van der Waals surface area contributed by atoms with E-state index in [2.05, 4.69) is 21.3 Å². The van der Waals surface area contributed by atoms with Gasteiger partial charge in [-0.2, -0.15) is 11.8 Å². The highest BCUT2D eigenvalue weighted by Crippen LogP contribution is 2.48. The zero-order chi connectivity index (χ0) is 39.5. The van der Waals surface area contributed by atoms with Crippen molar-refractivity contribution in [2.75, 3.05) is 25.4 Å². The number of nitrogens with zero attached hydrogens (tertiary/aromatic N) is 1. The van der Waals surface area contributed by atoms with Gasteiger partial charge in [0.15, 0.2) is 0 Å².